The summed E-state index contributed by atoms with van der Waals surface area (Å²) >= 11 is 1.58. The van der Waals surface area contributed by atoms with Crippen LogP contribution in [0.3, 0.4) is 0 Å². The summed E-state index contributed by atoms with van der Waals surface area (Å²) < 4.78 is 31.3. The zero-order chi connectivity index (χ0) is 15.7. The van der Waals surface area contributed by atoms with Crippen molar-refractivity contribution < 1.29 is 13.2 Å². The number of fused-ring (bicyclic) bond motifs is 1. The van der Waals surface area contributed by atoms with Gasteiger partial charge in [-0.05, 0) is 18.4 Å². The molecule has 0 aromatic carbocycles. The first kappa shape index (κ1) is 15.6. The van der Waals surface area contributed by atoms with Crippen LogP contribution >= 0.6 is 11.3 Å². The number of rotatable bonds is 4. The van der Waals surface area contributed by atoms with E-state index in [9.17, 15) is 8.42 Å². The summed E-state index contributed by atoms with van der Waals surface area (Å²) in [5, 5.41) is 5.25. The van der Waals surface area contributed by atoms with E-state index >= 15 is 0 Å². The molecule has 0 aliphatic carbocycles. The van der Waals surface area contributed by atoms with Crippen LogP contribution in [-0.2, 0) is 14.8 Å². The number of anilines is 1. The Hall–Kier alpha value is -1.29. The van der Waals surface area contributed by atoms with Crippen LogP contribution < -0.4 is 5.32 Å². The molecule has 1 saturated heterocycles. The Morgan fingerprint density at radius 1 is 1.50 bits per heavy atom. The van der Waals surface area contributed by atoms with E-state index in [4.69, 9.17) is 4.74 Å². The maximum atomic E-state index is 11.6. The molecule has 3 heterocycles. The average Bonchev–Trinajstić information content (AvgIpc) is 2.92. The molecule has 2 aromatic rings. The fraction of sp³-hybridized carbons (Fsp3) is 0.538. The topological polar surface area (TPSA) is 84.4 Å². The SMILES string of the molecule is Cc1nc(NC[C@@H]2CN(S(C)(=O)=O)CCO2)c2sccc2n1. The van der Waals surface area contributed by atoms with E-state index in [-0.39, 0.29) is 6.10 Å². The van der Waals surface area contributed by atoms with Crippen molar-refractivity contribution >= 4 is 37.4 Å². The first-order chi connectivity index (χ1) is 10.4. The van der Waals surface area contributed by atoms with Crippen LogP contribution in [0.15, 0.2) is 11.4 Å². The molecule has 1 aliphatic heterocycles. The number of hydrogen-bond acceptors (Lipinski definition) is 7. The Kier molecular flexibility index (Phi) is 4.31. The first-order valence-electron chi connectivity index (χ1n) is 6.96. The predicted molar refractivity (Wildman–Crippen MR) is 86.8 cm³/mol. The molecule has 9 heteroatoms. The zero-order valence-electron chi connectivity index (χ0n) is 12.4. The van der Waals surface area contributed by atoms with Gasteiger partial charge < -0.3 is 10.1 Å². The third-order valence-electron chi connectivity index (χ3n) is 3.48. The largest absolute Gasteiger partial charge is 0.374 e. The summed E-state index contributed by atoms with van der Waals surface area (Å²) in [5.41, 5.74) is 0.919. The lowest BCUT2D eigenvalue weighted by atomic mass is 10.3. The smallest absolute Gasteiger partial charge is 0.211 e. The van der Waals surface area contributed by atoms with Gasteiger partial charge in [-0.15, -0.1) is 11.3 Å². The number of ether oxygens (including phenoxy) is 1. The van der Waals surface area contributed by atoms with E-state index in [0.717, 1.165) is 16.0 Å². The van der Waals surface area contributed by atoms with Gasteiger partial charge in [0.1, 0.15) is 11.6 Å². The Bertz CT molecular complexity index is 775. The van der Waals surface area contributed by atoms with Crippen LogP contribution in [0, 0.1) is 6.92 Å². The van der Waals surface area contributed by atoms with Crippen molar-refractivity contribution in [3.63, 3.8) is 0 Å². The number of sulfonamides is 1. The molecule has 0 spiro atoms. The van der Waals surface area contributed by atoms with Gasteiger partial charge in [-0.1, -0.05) is 0 Å². The van der Waals surface area contributed by atoms with Crippen molar-refractivity contribution in [1.82, 2.24) is 14.3 Å². The standard InChI is InChI=1S/C13H18N4O3S2/c1-9-15-11-3-6-21-12(11)13(16-9)14-7-10-8-17(4-5-20-10)22(2,18)19/h3,6,10H,4-5,7-8H2,1-2H3,(H,14,15,16)/t10-/m1/s1. The van der Waals surface area contributed by atoms with Crippen molar-refractivity contribution in [2.75, 3.05) is 37.8 Å². The van der Waals surface area contributed by atoms with E-state index in [1.165, 1.54) is 10.6 Å². The van der Waals surface area contributed by atoms with Gasteiger partial charge in [0, 0.05) is 19.6 Å². The molecule has 0 radical (unpaired) electrons. The van der Waals surface area contributed by atoms with Crippen LogP contribution in [0.4, 0.5) is 5.82 Å². The molecule has 22 heavy (non-hydrogen) atoms. The zero-order valence-corrected chi connectivity index (χ0v) is 14.1. The van der Waals surface area contributed by atoms with Gasteiger partial charge in [0.15, 0.2) is 0 Å². The lowest BCUT2D eigenvalue weighted by Gasteiger charge is -2.31. The summed E-state index contributed by atoms with van der Waals surface area (Å²) in [4.78, 5) is 8.80. The Labute approximate surface area is 133 Å². The van der Waals surface area contributed by atoms with Crippen molar-refractivity contribution in [3.05, 3.63) is 17.3 Å². The summed E-state index contributed by atoms with van der Waals surface area (Å²) in [7, 11) is -3.17. The highest BCUT2D eigenvalue weighted by atomic mass is 32.2. The minimum atomic E-state index is -3.17. The molecule has 0 amide bonds. The maximum absolute atomic E-state index is 11.6. The summed E-state index contributed by atoms with van der Waals surface area (Å²) in [6.45, 7) is 3.55. The monoisotopic (exact) mass is 342 g/mol. The Balaban J connectivity index is 1.70. The Morgan fingerprint density at radius 3 is 3.09 bits per heavy atom. The van der Waals surface area contributed by atoms with Crippen molar-refractivity contribution in [2.24, 2.45) is 0 Å². The van der Waals surface area contributed by atoms with Gasteiger partial charge >= 0.3 is 0 Å². The molecular formula is C13H18N4O3S2. The predicted octanol–water partition coefficient (Wildman–Crippen LogP) is 1.07. The number of thiophene rings is 1. The van der Waals surface area contributed by atoms with Crippen LogP contribution in [0.1, 0.15) is 5.82 Å². The molecule has 0 bridgehead atoms. The van der Waals surface area contributed by atoms with E-state index < -0.39 is 10.0 Å². The molecule has 1 N–H and O–H groups in total. The number of nitrogens with one attached hydrogen (secondary N) is 1. The minimum absolute atomic E-state index is 0.186. The molecule has 2 aromatic heterocycles. The van der Waals surface area contributed by atoms with Gasteiger partial charge in [0.25, 0.3) is 0 Å². The number of hydrogen-bond donors (Lipinski definition) is 1. The molecule has 0 unspecified atom stereocenters. The van der Waals surface area contributed by atoms with Crippen LogP contribution in [0.2, 0.25) is 0 Å². The van der Waals surface area contributed by atoms with E-state index in [2.05, 4.69) is 15.3 Å². The van der Waals surface area contributed by atoms with Gasteiger partial charge in [-0.2, -0.15) is 4.31 Å². The van der Waals surface area contributed by atoms with Crippen molar-refractivity contribution in [1.29, 1.82) is 0 Å². The van der Waals surface area contributed by atoms with Crippen molar-refractivity contribution in [2.45, 2.75) is 13.0 Å². The number of nitrogens with zero attached hydrogens (tertiary/aromatic N) is 3. The summed E-state index contributed by atoms with van der Waals surface area (Å²) in [6, 6.07) is 1.96. The highest BCUT2D eigenvalue weighted by Gasteiger charge is 2.26. The van der Waals surface area contributed by atoms with Crippen LogP contribution in [0.5, 0.6) is 0 Å². The quantitative estimate of drug-likeness (QED) is 0.895. The second-order valence-electron chi connectivity index (χ2n) is 5.25. The summed E-state index contributed by atoms with van der Waals surface area (Å²) in [6.07, 6.45) is 1.04. The average molecular weight is 342 g/mol. The lowest BCUT2D eigenvalue weighted by molar-refractivity contribution is 0.00702. The molecule has 3 rings (SSSR count). The number of morpholine rings is 1. The normalized spacial score (nSPS) is 20.4. The summed E-state index contributed by atoms with van der Waals surface area (Å²) in [5.74, 6) is 1.48. The van der Waals surface area contributed by atoms with Crippen molar-refractivity contribution in [3.8, 4) is 0 Å². The minimum Gasteiger partial charge on any atom is -0.374 e. The fourth-order valence-corrected chi connectivity index (χ4v) is 4.07. The second-order valence-corrected chi connectivity index (χ2v) is 8.15. The molecule has 7 nitrogen and oxygen atoms in total. The maximum Gasteiger partial charge on any atom is 0.211 e. The molecule has 1 fully saturated rings. The van der Waals surface area contributed by atoms with Crippen LogP contribution in [0.25, 0.3) is 10.2 Å². The van der Waals surface area contributed by atoms with Gasteiger partial charge in [-0.3, -0.25) is 0 Å². The Morgan fingerprint density at radius 2 is 2.32 bits per heavy atom. The molecule has 1 aliphatic rings. The highest BCUT2D eigenvalue weighted by Crippen LogP contribution is 2.26. The third kappa shape index (κ3) is 3.37. The third-order valence-corrected chi connectivity index (χ3v) is 5.66. The second kappa shape index (κ2) is 6.07. The van der Waals surface area contributed by atoms with E-state index in [0.29, 0.717) is 32.1 Å². The van der Waals surface area contributed by atoms with Crippen LogP contribution in [-0.4, -0.2) is 61.3 Å². The van der Waals surface area contributed by atoms with E-state index in [1.807, 2.05) is 18.4 Å². The van der Waals surface area contributed by atoms with E-state index in [1.54, 1.807) is 11.3 Å². The number of aromatic nitrogens is 2. The molecular weight excluding hydrogens is 324 g/mol. The highest BCUT2D eigenvalue weighted by molar-refractivity contribution is 7.88. The molecule has 120 valence electrons. The number of aryl methyl sites for hydroxylation is 1. The van der Waals surface area contributed by atoms with Gasteiger partial charge in [0.2, 0.25) is 10.0 Å². The first-order valence-corrected chi connectivity index (χ1v) is 9.69. The lowest BCUT2D eigenvalue weighted by Crippen LogP contribution is -2.47. The fourth-order valence-electron chi connectivity index (χ4n) is 2.43. The van der Waals surface area contributed by atoms with Gasteiger partial charge in [-0.25, -0.2) is 18.4 Å². The molecule has 1 atom stereocenters. The molecule has 0 saturated carbocycles. The van der Waals surface area contributed by atoms with Gasteiger partial charge in [0.05, 0.1) is 29.2 Å².